The molecule has 0 aliphatic carbocycles. The quantitative estimate of drug-likeness (QED) is 0.368. The molecular formula is C15H16N2O3S. The monoisotopic (exact) mass is 304 g/mol. The maximum atomic E-state index is 11.0. The Morgan fingerprint density at radius 1 is 1.19 bits per heavy atom. The first-order chi connectivity index (χ1) is 10.2. The molecule has 0 unspecified atom stereocenters. The Morgan fingerprint density at radius 3 is 2.62 bits per heavy atom. The number of benzene rings is 2. The number of ether oxygens (including phenoxy) is 1. The zero-order chi connectivity index (χ0) is 15.1. The molecule has 0 bridgehead atoms. The standard InChI is InChI=1S/C15H16N2O3S/c16-11-12-6-7-15(14(10-12)17(18)19)20-8-9-21-13-4-2-1-3-5-13/h1-7,10H,8-9,11,16H2. The predicted octanol–water partition coefficient (Wildman–Crippen LogP) is 3.22. The Labute approximate surface area is 127 Å². The molecule has 2 rings (SSSR count). The van der Waals surface area contributed by atoms with Crippen LogP contribution in [0.4, 0.5) is 5.69 Å². The molecule has 0 aromatic heterocycles. The van der Waals surface area contributed by atoms with E-state index in [1.165, 1.54) is 6.07 Å². The van der Waals surface area contributed by atoms with Crippen molar-refractivity contribution in [3.63, 3.8) is 0 Å². The Kier molecular flexibility index (Phi) is 5.59. The van der Waals surface area contributed by atoms with Crippen LogP contribution in [0.5, 0.6) is 5.75 Å². The van der Waals surface area contributed by atoms with Crippen molar-refractivity contribution in [1.82, 2.24) is 0 Å². The van der Waals surface area contributed by atoms with E-state index in [9.17, 15) is 10.1 Å². The van der Waals surface area contributed by atoms with Gasteiger partial charge in [0.2, 0.25) is 0 Å². The van der Waals surface area contributed by atoms with Crippen LogP contribution in [0.15, 0.2) is 53.4 Å². The van der Waals surface area contributed by atoms with Crippen LogP contribution in [-0.4, -0.2) is 17.3 Å². The molecule has 6 heteroatoms. The molecule has 0 atom stereocenters. The fourth-order valence-corrected chi connectivity index (χ4v) is 2.53. The Balaban J connectivity index is 1.92. The molecule has 0 aliphatic heterocycles. The number of nitro benzene ring substituents is 1. The second-order valence-electron chi connectivity index (χ2n) is 4.27. The molecule has 0 heterocycles. The van der Waals surface area contributed by atoms with Crippen LogP contribution >= 0.6 is 11.8 Å². The van der Waals surface area contributed by atoms with E-state index in [0.717, 1.165) is 10.6 Å². The number of hydrogen-bond donors (Lipinski definition) is 1. The molecule has 5 nitrogen and oxygen atoms in total. The lowest BCUT2D eigenvalue weighted by Gasteiger charge is -2.07. The van der Waals surface area contributed by atoms with Gasteiger partial charge < -0.3 is 10.5 Å². The highest BCUT2D eigenvalue weighted by molar-refractivity contribution is 7.99. The van der Waals surface area contributed by atoms with E-state index >= 15 is 0 Å². The Bertz CT molecular complexity index is 605. The van der Waals surface area contributed by atoms with E-state index < -0.39 is 4.92 Å². The zero-order valence-corrected chi connectivity index (χ0v) is 12.2. The minimum absolute atomic E-state index is 0.0392. The summed E-state index contributed by atoms with van der Waals surface area (Å²) in [5.74, 6) is 1.01. The van der Waals surface area contributed by atoms with Crippen molar-refractivity contribution in [3.8, 4) is 5.75 Å². The normalized spacial score (nSPS) is 10.3. The number of nitrogens with zero attached hydrogens (tertiary/aromatic N) is 1. The first-order valence-corrected chi connectivity index (χ1v) is 7.47. The molecule has 0 aliphatic rings. The summed E-state index contributed by atoms with van der Waals surface area (Å²) >= 11 is 1.65. The third-order valence-corrected chi connectivity index (χ3v) is 3.78. The summed E-state index contributed by atoms with van der Waals surface area (Å²) in [6, 6.07) is 14.7. The van der Waals surface area contributed by atoms with E-state index in [0.29, 0.717) is 12.2 Å². The Morgan fingerprint density at radius 2 is 1.95 bits per heavy atom. The third kappa shape index (κ3) is 4.47. The molecule has 2 aromatic carbocycles. The largest absolute Gasteiger partial charge is 0.486 e. The number of thioether (sulfide) groups is 1. The van der Waals surface area contributed by atoms with E-state index in [1.54, 1.807) is 23.9 Å². The third-order valence-electron chi connectivity index (χ3n) is 2.81. The van der Waals surface area contributed by atoms with Gasteiger partial charge in [-0.3, -0.25) is 10.1 Å². The van der Waals surface area contributed by atoms with Crippen LogP contribution in [0.3, 0.4) is 0 Å². The number of nitro groups is 1. The smallest absolute Gasteiger partial charge is 0.311 e. The van der Waals surface area contributed by atoms with Gasteiger partial charge in [0.25, 0.3) is 0 Å². The predicted molar refractivity (Wildman–Crippen MR) is 83.6 cm³/mol. The van der Waals surface area contributed by atoms with E-state index in [-0.39, 0.29) is 18.0 Å². The van der Waals surface area contributed by atoms with Crippen molar-refractivity contribution >= 4 is 17.4 Å². The van der Waals surface area contributed by atoms with Gasteiger partial charge in [-0.25, -0.2) is 0 Å². The molecule has 0 amide bonds. The summed E-state index contributed by atoms with van der Waals surface area (Å²) in [5, 5.41) is 11.0. The molecule has 0 saturated carbocycles. The van der Waals surface area contributed by atoms with Crippen molar-refractivity contribution in [3.05, 3.63) is 64.2 Å². The van der Waals surface area contributed by atoms with Gasteiger partial charge in [-0.2, -0.15) is 0 Å². The maximum absolute atomic E-state index is 11.0. The van der Waals surface area contributed by atoms with Gasteiger partial charge in [0.05, 0.1) is 11.5 Å². The fourth-order valence-electron chi connectivity index (χ4n) is 1.78. The fraction of sp³-hybridized carbons (Fsp3) is 0.200. The first kappa shape index (κ1) is 15.3. The molecule has 2 N–H and O–H groups in total. The van der Waals surface area contributed by atoms with E-state index in [2.05, 4.69) is 0 Å². The molecule has 110 valence electrons. The molecule has 0 saturated heterocycles. The van der Waals surface area contributed by atoms with Gasteiger partial charge in [-0.1, -0.05) is 24.3 Å². The summed E-state index contributed by atoms with van der Waals surface area (Å²) < 4.78 is 5.52. The van der Waals surface area contributed by atoms with Crippen LogP contribution in [-0.2, 0) is 6.54 Å². The highest BCUT2D eigenvalue weighted by Gasteiger charge is 2.15. The highest BCUT2D eigenvalue weighted by Crippen LogP contribution is 2.28. The van der Waals surface area contributed by atoms with Gasteiger partial charge in [-0.15, -0.1) is 11.8 Å². The number of hydrogen-bond acceptors (Lipinski definition) is 5. The summed E-state index contributed by atoms with van der Waals surface area (Å²) in [4.78, 5) is 11.7. The molecule has 21 heavy (non-hydrogen) atoms. The summed E-state index contributed by atoms with van der Waals surface area (Å²) in [5.41, 5.74) is 6.16. The van der Waals surface area contributed by atoms with Crippen molar-refractivity contribution in [2.75, 3.05) is 12.4 Å². The highest BCUT2D eigenvalue weighted by atomic mass is 32.2. The molecule has 2 aromatic rings. The van der Waals surface area contributed by atoms with Crippen LogP contribution in [0, 0.1) is 10.1 Å². The Hall–Kier alpha value is -2.05. The SMILES string of the molecule is NCc1ccc(OCCSc2ccccc2)c([N+](=O)[O-])c1. The van der Waals surface area contributed by atoms with Gasteiger partial charge in [0.15, 0.2) is 5.75 Å². The average molecular weight is 304 g/mol. The lowest BCUT2D eigenvalue weighted by atomic mass is 10.2. The minimum Gasteiger partial charge on any atom is -0.486 e. The molecule has 0 radical (unpaired) electrons. The number of rotatable bonds is 7. The second kappa shape index (κ2) is 7.66. The van der Waals surface area contributed by atoms with Crippen LogP contribution in [0.1, 0.15) is 5.56 Å². The second-order valence-corrected chi connectivity index (χ2v) is 5.44. The van der Waals surface area contributed by atoms with Crippen LogP contribution in [0.2, 0.25) is 0 Å². The van der Waals surface area contributed by atoms with Crippen molar-refractivity contribution in [2.45, 2.75) is 11.4 Å². The topological polar surface area (TPSA) is 78.4 Å². The zero-order valence-electron chi connectivity index (χ0n) is 11.4. The van der Waals surface area contributed by atoms with Crippen LogP contribution < -0.4 is 10.5 Å². The molecular weight excluding hydrogens is 288 g/mol. The maximum Gasteiger partial charge on any atom is 0.311 e. The summed E-state index contributed by atoms with van der Waals surface area (Å²) in [6.07, 6.45) is 0. The average Bonchev–Trinajstić information content (AvgIpc) is 2.52. The van der Waals surface area contributed by atoms with E-state index in [4.69, 9.17) is 10.5 Å². The van der Waals surface area contributed by atoms with E-state index in [1.807, 2.05) is 30.3 Å². The van der Waals surface area contributed by atoms with Gasteiger partial charge in [0.1, 0.15) is 0 Å². The lowest BCUT2D eigenvalue weighted by Crippen LogP contribution is -2.04. The number of nitrogens with two attached hydrogens (primary N) is 1. The minimum atomic E-state index is -0.446. The lowest BCUT2D eigenvalue weighted by molar-refractivity contribution is -0.385. The van der Waals surface area contributed by atoms with Gasteiger partial charge >= 0.3 is 5.69 Å². The summed E-state index contributed by atoms with van der Waals surface area (Å²) in [6.45, 7) is 0.674. The summed E-state index contributed by atoms with van der Waals surface area (Å²) in [7, 11) is 0. The van der Waals surface area contributed by atoms with Crippen molar-refractivity contribution in [1.29, 1.82) is 0 Å². The first-order valence-electron chi connectivity index (χ1n) is 6.48. The van der Waals surface area contributed by atoms with Gasteiger partial charge in [-0.05, 0) is 23.8 Å². The molecule has 0 spiro atoms. The van der Waals surface area contributed by atoms with Crippen molar-refractivity contribution in [2.24, 2.45) is 5.73 Å². The van der Waals surface area contributed by atoms with Crippen LogP contribution in [0.25, 0.3) is 0 Å². The molecule has 0 fully saturated rings. The van der Waals surface area contributed by atoms with Crippen molar-refractivity contribution < 1.29 is 9.66 Å². The van der Waals surface area contributed by atoms with Gasteiger partial charge in [0, 0.05) is 23.3 Å².